The van der Waals surface area contributed by atoms with E-state index >= 15 is 0 Å². The fourth-order valence-corrected chi connectivity index (χ4v) is 4.43. The van der Waals surface area contributed by atoms with Crippen LogP contribution in [0.1, 0.15) is 21.2 Å². The number of methoxy groups -OCH3 is 1. The molecule has 0 saturated carbocycles. The second-order valence-corrected chi connectivity index (χ2v) is 8.77. The van der Waals surface area contributed by atoms with E-state index in [0.717, 1.165) is 10.5 Å². The fourth-order valence-electron chi connectivity index (χ4n) is 3.41. The second-order valence-electron chi connectivity index (χ2n) is 7.59. The molecule has 0 aromatic heterocycles. The summed E-state index contributed by atoms with van der Waals surface area (Å²) >= 11 is 1.39. The Morgan fingerprint density at radius 3 is 2.23 bits per heavy atom. The molecule has 0 fully saturated rings. The lowest BCUT2D eigenvalue weighted by atomic mass is 10.1. The minimum atomic E-state index is -0.579. The monoisotopic (exact) mass is 486 g/mol. The third-order valence-corrected chi connectivity index (χ3v) is 6.43. The zero-order chi connectivity index (χ0) is 24.6. The summed E-state index contributed by atoms with van der Waals surface area (Å²) in [4.78, 5) is 26.5. The molecule has 0 aliphatic carbocycles. The van der Waals surface area contributed by atoms with E-state index in [1.165, 1.54) is 30.0 Å². The average Bonchev–Trinajstić information content (AvgIpc) is 2.89. The van der Waals surface area contributed by atoms with E-state index in [-0.39, 0.29) is 11.5 Å². The SMILES string of the molecule is COc1cccc(NC(=O)C(Sc2ccc(NC(=O)c3ccccc3F)cc2)c2ccccc2)c1. The van der Waals surface area contributed by atoms with Crippen LogP contribution < -0.4 is 15.4 Å². The minimum absolute atomic E-state index is 0.0238. The molecule has 0 saturated heterocycles. The number of hydrogen-bond acceptors (Lipinski definition) is 4. The van der Waals surface area contributed by atoms with Crippen molar-refractivity contribution in [3.05, 3.63) is 120 Å². The molecule has 0 bridgehead atoms. The van der Waals surface area contributed by atoms with Gasteiger partial charge in [-0.1, -0.05) is 48.5 Å². The van der Waals surface area contributed by atoms with Gasteiger partial charge in [-0.2, -0.15) is 0 Å². The van der Waals surface area contributed by atoms with Gasteiger partial charge in [-0.15, -0.1) is 11.8 Å². The third kappa shape index (κ3) is 6.28. The van der Waals surface area contributed by atoms with Gasteiger partial charge < -0.3 is 15.4 Å². The Labute approximate surface area is 207 Å². The predicted molar refractivity (Wildman–Crippen MR) is 137 cm³/mol. The molecule has 176 valence electrons. The highest BCUT2D eigenvalue weighted by Crippen LogP contribution is 2.37. The fraction of sp³-hybridized carbons (Fsp3) is 0.0714. The van der Waals surface area contributed by atoms with Gasteiger partial charge in [-0.25, -0.2) is 4.39 Å². The normalized spacial score (nSPS) is 11.4. The first-order valence-electron chi connectivity index (χ1n) is 10.9. The number of ether oxygens (including phenoxy) is 1. The van der Waals surface area contributed by atoms with Gasteiger partial charge in [0.2, 0.25) is 5.91 Å². The number of anilines is 2. The number of hydrogen-bond donors (Lipinski definition) is 2. The molecule has 1 unspecified atom stereocenters. The number of carbonyl (C=O) groups excluding carboxylic acids is 2. The average molecular weight is 487 g/mol. The Bertz CT molecular complexity index is 1310. The highest BCUT2D eigenvalue weighted by atomic mass is 32.2. The molecule has 2 N–H and O–H groups in total. The van der Waals surface area contributed by atoms with Crippen molar-refractivity contribution in [2.45, 2.75) is 10.1 Å². The topological polar surface area (TPSA) is 67.4 Å². The van der Waals surface area contributed by atoms with E-state index in [9.17, 15) is 14.0 Å². The number of nitrogens with one attached hydrogen (secondary N) is 2. The maximum atomic E-state index is 13.9. The summed E-state index contributed by atoms with van der Waals surface area (Å²) < 4.78 is 19.1. The van der Waals surface area contributed by atoms with Crippen LogP contribution in [-0.4, -0.2) is 18.9 Å². The maximum absolute atomic E-state index is 13.9. The Kier molecular flexibility index (Phi) is 7.80. The van der Waals surface area contributed by atoms with E-state index in [2.05, 4.69) is 10.6 Å². The van der Waals surface area contributed by atoms with Crippen molar-refractivity contribution in [3.8, 4) is 5.75 Å². The number of carbonyl (C=O) groups is 2. The lowest BCUT2D eigenvalue weighted by molar-refractivity contribution is -0.115. The first-order valence-corrected chi connectivity index (χ1v) is 11.7. The van der Waals surface area contributed by atoms with Crippen LogP contribution in [0.3, 0.4) is 0 Å². The third-order valence-electron chi connectivity index (χ3n) is 5.16. The lowest BCUT2D eigenvalue weighted by Gasteiger charge is -2.18. The Morgan fingerprint density at radius 1 is 0.800 bits per heavy atom. The number of thioether (sulfide) groups is 1. The molecule has 0 spiro atoms. The number of halogens is 1. The van der Waals surface area contributed by atoms with Crippen molar-refractivity contribution in [1.29, 1.82) is 0 Å². The smallest absolute Gasteiger partial charge is 0.258 e. The molecule has 35 heavy (non-hydrogen) atoms. The summed E-state index contributed by atoms with van der Waals surface area (Å²) in [5.74, 6) is -0.626. The van der Waals surface area contributed by atoms with Gasteiger partial charge >= 0.3 is 0 Å². The molecule has 5 nitrogen and oxygen atoms in total. The Balaban J connectivity index is 1.49. The Hall–Kier alpha value is -4.10. The highest BCUT2D eigenvalue weighted by Gasteiger charge is 2.22. The van der Waals surface area contributed by atoms with Gasteiger partial charge in [0.05, 0.1) is 12.7 Å². The van der Waals surface area contributed by atoms with Crippen LogP contribution in [0.5, 0.6) is 5.75 Å². The zero-order valence-corrected chi connectivity index (χ0v) is 19.7. The molecule has 1 atom stereocenters. The molecule has 0 aliphatic rings. The number of rotatable bonds is 8. The van der Waals surface area contributed by atoms with Crippen molar-refractivity contribution < 1.29 is 18.7 Å². The molecule has 0 radical (unpaired) electrons. The van der Waals surface area contributed by atoms with E-state index in [0.29, 0.717) is 17.1 Å². The van der Waals surface area contributed by atoms with Crippen LogP contribution in [0.15, 0.2) is 108 Å². The van der Waals surface area contributed by atoms with Crippen molar-refractivity contribution in [2.24, 2.45) is 0 Å². The summed E-state index contributed by atoms with van der Waals surface area (Å²) in [6.45, 7) is 0. The summed E-state index contributed by atoms with van der Waals surface area (Å²) in [5.41, 5.74) is 2.00. The van der Waals surface area contributed by atoms with E-state index in [1.807, 2.05) is 54.6 Å². The summed E-state index contributed by atoms with van der Waals surface area (Å²) in [6, 6.07) is 29.6. The molecule has 2 amide bonds. The minimum Gasteiger partial charge on any atom is -0.497 e. The van der Waals surface area contributed by atoms with Crippen molar-refractivity contribution in [2.75, 3.05) is 17.7 Å². The summed E-state index contributed by atoms with van der Waals surface area (Å²) in [6.07, 6.45) is 0. The Morgan fingerprint density at radius 2 is 1.51 bits per heavy atom. The standard InChI is InChI=1S/C28H23FN2O3S/c1-34-22-11-7-10-21(18-22)31-28(33)26(19-8-3-2-4-9-19)35-23-16-14-20(15-17-23)30-27(32)24-12-5-6-13-25(24)29/h2-18,26H,1H3,(H,30,32)(H,31,33). The maximum Gasteiger partial charge on any atom is 0.258 e. The largest absolute Gasteiger partial charge is 0.497 e. The van der Waals surface area contributed by atoms with Crippen LogP contribution in [0, 0.1) is 5.82 Å². The lowest BCUT2D eigenvalue weighted by Crippen LogP contribution is -2.19. The summed E-state index contributed by atoms with van der Waals surface area (Å²) in [5, 5.41) is 5.15. The van der Waals surface area contributed by atoms with Gasteiger partial charge in [0, 0.05) is 22.3 Å². The molecule has 0 heterocycles. The number of amides is 2. The van der Waals surface area contributed by atoms with Gasteiger partial charge in [0.15, 0.2) is 0 Å². The zero-order valence-electron chi connectivity index (χ0n) is 18.9. The summed E-state index contributed by atoms with van der Waals surface area (Å²) in [7, 11) is 1.58. The van der Waals surface area contributed by atoms with Gasteiger partial charge in [-0.05, 0) is 54.1 Å². The van der Waals surface area contributed by atoms with Gasteiger partial charge in [-0.3, -0.25) is 9.59 Å². The first-order chi connectivity index (χ1) is 17.0. The van der Waals surface area contributed by atoms with Gasteiger partial charge in [0.1, 0.15) is 16.8 Å². The van der Waals surface area contributed by atoms with Gasteiger partial charge in [0.25, 0.3) is 5.91 Å². The molecule has 0 aliphatic heterocycles. The van der Waals surface area contributed by atoms with Crippen molar-refractivity contribution >= 4 is 35.0 Å². The molecule has 4 rings (SSSR count). The second kappa shape index (κ2) is 11.4. The highest BCUT2D eigenvalue weighted by molar-refractivity contribution is 8.00. The van der Waals surface area contributed by atoms with E-state index < -0.39 is 17.0 Å². The van der Waals surface area contributed by atoms with E-state index in [4.69, 9.17) is 4.74 Å². The van der Waals surface area contributed by atoms with Crippen molar-refractivity contribution in [3.63, 3.8) is 0 Å². The van der Waals surface area contributed by atoms with Crippen molar-refractivity contribution in [1.82, 2.24) is 0 Å². The van der Waals surface area contributed by atoms with Crippen LogP contribution >= 0.6 is 11.8 Å². The molecule has 4 aromatic carbocycles. The molecular formula is C28H23FN2O3S. The molecule has 7 heteroatoms. The predicted octanol–water partition coefficient (Wildman–Crippen LogP) is 6.56. The first kappa shape index (κ1) is 24.0. The van der Waals surface area contributed by atoms with Crippen LogP contribution in [0.4, 0.5) is 15.8 Å². The van der Waals surface area contributed by atoms with Crippen LogP contribution in [0.25, 0.3) is 0 Å². The number of benzene rings is 4. The van der Waals surface area contributed by atoms with E-state index in [1.54, 1.807) is 37.4 Å². The quantitative estimate of drug-likeness (QED) is 0.277. The molecular weight excluding hydrogens is 463 g/mol. The van der Waals surface area contributed by atoms with Crippen LogP contribution in [-0.2, 0) is 4.79 Å². The van der Waals surface area contributed by atoms with Crippen LogP contribution in [0.2, 0.25) is 0 Å². The molecule has 4 aromatic rings.